The second-order valence-electron chi connectivity index (χ2n) is 6.55. The molecule has 1 unspecified atom stereocenters. The van der Waals surface area contributed by atoms with E-state index < -0.39 is 11.6 Å². The van der Waals surface area contributed by atoms with Gasteiger partial charge in [0.1, 0.15) is 0 Å². The number of carbonyl (C=O) groups excluding carboxylic acids is 2. The van der Waals surface area contributed by atoms with Crippen molar-refractivity contribution in [3.63, 3.8) is 0 Å². The van der Waals surface area contributed by atoms with Crippen LogP contribution in [0.15, 0.2) is 48.5 Å². The summed E-state index contributed by atoms with van der Waals surface area (Å²) in [7, 11) is 0. The number of rotatable bonds is 6. The number of anilines is 1. The first-order chi connectivity index (χ1) is 13.8. The van der Waals surface area contributed by atoms with E-state index in [-0.39, 0.29) is 24.3 Å². The maximum Gasteiger partial charge on any atom is 0.251 e. The van der Waals surface area contributed by atoms with Gasteiger partial charge in [-0.2, -0.15) is 0 Å². The molecule has 2 N–H and O–H groups in total. The van der Waals surface area contributed by atoms with Crippen molar-refractivity contribution in [2.45, 2.75) is 26.3 Å². The Morgan fingerprint density at radius 1 is 1.10 bits per heavy atom. The summed E-state index contributed by atoms with van der Waals surface area (Å²) >= 11 is 1.24. The van der Waals surface area contributed by atoms with Crippen LogP contribution >= 0.6 is 11.3 Å². The molecule has 1 heterocycles. The average molecular weight is 415 g/mol. The van der Waals surface area contributed by atoms with Crippen LogP contribution in [0.1, 0.15) is 28.6 Å². The number of benzene rings is 2. The molecule has 150 valence electrons. The molecule has 0 radical (unpaired) electrons. The molecule has 0 aliphatic rings. The highest BCUT2D eigenvalue weighted by atomic mass is 32.1. The van der Waals surface area contributed by atoms with Gasteiger partial charge in [-0.3, -0.25) is 9.59 Å². The van der Waals surface area contributed by atoms with E-state index in [1.807, 2.05) is 6.07 Å². The molecule has 2 amide bonds. The van der Waals surface area contributed by atoms with E-state index in [0.29, 0.717) is 22.0 Å². The molecule has 0 saturated heterocycles. The normalized spacial score (nSPS) is 11.7. The van der Waals surface area contributed by atoms with E-state index in [9.17, 15) is 18.4 Å². The maximum absolute atomic E-state index is 13.5. The number of hydrogen-bond acceptors (Lipinski definition) is 4. The number of aryl methyl sites for hydroxylation is 1. The Labute approximate surface area is 170 Å². The molecular formula is C21H19F2N3O2S. The molecule has 1 atom stereocenters. The van der Waals surface area contributed by atoms with Crippen LogP contribution in [0.25, 0.3) is 11.3 Å². The highest BCUT2D eigenvalue weighted by Crippen LogP contribution is 2.31. The van der Waals surface area contributed by atoms with E-state index in [2.05, 4.69) is 15.6 Å². The van der Waals surface area contributed by atoms with E-state index in [1.165, 1.54) is 17.4 Å². The number of amides is 2. The summed E-state index contributed by atoms with van der Waals surface area (Å²) in [5, 5.41) is 5.82. The lowest BCUT2D eigenvalue weighted by Gasteiger charge is -2.13. The van der Waals surface area contributed by atoms with E-state index in [1.54, 1.807) is 38.1 Å². The fraction of sp³-hybridized carbons (Fsp3) is 0.190. The number of hydrogen-bond donors (Lipinski definition) is 2. The Balaban J connectivity index is 1.61. The van der Waals surface area contributed by atoms with Crippen LogP contribution in [0.2, 0.25) is 0 Å². The van der Waals surface area contributed by atoms with Gasteiger partial charge in [-0.05, 0) is 44.2 Å². The molecule has 0 aliphatic carbocycles. The predicted octanol–water partition coefficient (Wildman–Crippen LogP) is 4.54. The van der Waals surface area contributed by atoms with Crippen molar-refractivity contribution in [1.82, 2.24) is 10.3 Å². The molecule has 29 heavy (non-hydrogen) atoms. The quantitative estimate of drug-likeness (QED) is 0.621. The van der Waals surface area contributed by atoms with Crippen molar-refractivity contribution < 1.29 is 18.4 Å². The number of thiazole rings is 1. The van der Waals surface area contributed by atoms with E-state index in [4.69, 9.17) is 0 Å². The van der Waals surface area contributed by atoms with Crippen molar-refractivity contribution in [1.29, 1.82) is 0 Å². The summed E-state index contributed by atoms with van der Waals surface area (Å²) in [4.78, 5) is 29.5. The SMILES string of the molecule is Cc1sc(NC(=O)CC(C)NC(=O)c2ccccc2)nc1-c1ccc(F)c(F)c1. The molecule has 0 aliphatic heterocycles. The van der Waals surface area contributed by atoms with Gasteiger partial charge in [0, 0.05) is 28.5 Å². The summed E-state index contributed by atoms with van der Waals surface area (Å²) in [5.74, 6) is -2.45. The van der Waals surface area contributed by atoms with Crippen molar-refractivity contribution >= 4 is 28.3 Å². The second kappa shape index (κ2) is 8.91. The number of halogens is 2. The second-order valence-corrected chi connectivity index (χ2v) is 7.75. The van der Waals surface area contributed by atoms with Gasteiger partial charge in [0.25, 0.3) is 5.91 Å². The third-order valence-electron chi connectivity index (χ3n) is 4.14. The molecular weight excluding hydrogens is 396 g/mol. The fourth-order valence-corrected chi connectivity index (χ4v) is 3.61. The summed E-state index contributed by atoms with van der Waals surface area (Å²) in [6.07, 6.45) is 0.0672. The van der Waals surface area contributed by atoms with Crippen LogP contribution in [0, 0.1) is 18.6 Å². The zero-order chi connectivity index (χ0) is 21.0. The monoisotopic (exact) mass is 415 g/mol. The molecule has 8 heteroatoms. The van der Waals surface area contributed by atoms with Gasteiger partial charge >= 0.3 is 0 Å². The predicted molar refractivity (Wildman–Crippen MR) is 109 cm³/mol. The number of nitrogens with one attached hydrogen (secondary N) is 2. The van der Waals surface area contributed by atoms with Crippen LogP contribution in [0.3, 0.4) is 0 Å². The lowest BCUT2D eigenvalue weighted by Crippen LogP contribution is -2.35. The highest BCUT2D eigenvalue weighted by molar-refractivity contribution is 7.16. The Bertz CT molecular complexity index is 1040. The van der Waals surface area contributed by atoms with Crippen LogP contribution < -0.4 is 10.6 Å². The average Bonchev–Trinajstić information content (AvgIpc) is 3.04. The minimum atomic E-state index is -0.955. The van der Waals surface area contributed by atoms with E-state index >= 15 is 0 Å². The van der Waals surface area contributed by atoms with Crippen molar-refractivity contribution in [3.8, 4) is 11.3 Å². The maximum atomic E-state index is 13.5. The van der Waals surface area contributed by atoms with Crippen LogP contribution in [-0.2, 0) is 4.79 Å². The Hall–Kier alpha value is -3.13. The first-order valence-electron chi connectivity index (χ1n) is 8.92. The van der Waals surface area contributed by atoms with Gasteiger partial charge in [0.05, 0.1) is 5.69 Å². The summed E-state index contributed by atoms with van der Waals surface area (Å²) < 4.78 is 26.6. The van der Waals surface area contributed by atoms with Gasteiger partial charge in [0.2, 0.25) is 5.91 Å². The van der Waals surface area contributed by atoms with Crippen molar-refractivity contribution in [3.05, 3.63) is 70.6 Å². The Kier molecular flexibility index (Phi) is 6.33. The van der Waals surface area contributed by atoms with Crippen molar-refractivity contribution in [2.75, 3.05) is 5.32 Å². The first-order valence-corrected chi connectivity index (χ1v) is 9.73. The summed E-state index contributed by atoms with van der Waals surface area (Å²) in [6.45, 7) is 3.52. The third-order valence-corrected chi connectivity index (χ3v) is 5.03. The molecule has 3 rings (SSSR count). The van der Waals surface area contributed by atoms with Crippen LogP contribution in [-0.4, -0.2) is 22.8 Å². The van der Waals surface area contributed by atoms with Gasteiger partial charge in [0.15, 0.2) is 16.8 Å². The van der Waals surface area contributed by atoms with E-state index in [0.717, 1.165) is 17.0 Å². The third kappa shape index (κ3) is 5.23. The fourth-order valence-electron chi connectivity index (χ4n) is 2.76. The minimum absolute atomic E-state index is 0.0672. The number of aromatic nitrogens is 1. The number of carbonyl (C=O) groups is 2. The molecule has 0 saturated carbocycles. The standard InChI is InChI=1S/C21H19F2N3O2S/c1-12(24-20(28)14-6-4-3-5-7-14)10-18(27)25-21-26-19(13(2)29-21)15-8-9-16(22)17(23)11-15/h3-9,11-12H,10H2,1-2H3,(H,24,28)(H,25,26,27). The molecule has 5 nitrogen and oxygen atoms in total. The topological polar surface area (TPSA) is 71.1 Å². The first kappa shape index (κ1) is 20.6. The zero-order valence-electron chi connectivity index (χ0n) is 15.8. The van der Waals surface area contributed by atoms with Crippen molar-refractivity contribution in [2.24, 2.45) is 0 Å². The van der Waals surface area contributed by atoms with Gasteiger partial charge < -0.3 is 10.6 Å². The van der Waals surface area contributed by atoms with Gasteiger partial charge in [-0.1, -0.05) is 18.2 Å². The molecule has 1 aromatic heterocycles. The minimum Gasteiger partial charge on any atom is -0.349 e. The molecule has 3 aromatic rings. The molecule has 0 spiro atoms. The zero-order valence-corrected chi connectivity index (χ0v) is 16.6. The lowest BCUT2D eigenvalue weighted by atomic mass is 10.1. The molecule has 2 aromatic carbocycles. The Morgan fingerprint density at radius 2 is 1.83 bits per heavy atom. The van der Waals surface area contributed by atoms with Gasteiger partial charge in [-0.15, -0.1) is 11.3 Å². The lowest BCUT2D eigenvalue weighted by molar-refractivity contribution is -0.116. The molecule has 0 bridgehead atoms. The smallest absolute Gasteiger partial charge is 0.251 e. The number of nitrogens with zero attached hydrogens (tertiary/aromatic N) is 1. The largest absolute Gasteiger partial charge is 0.349 e. The van der Waals surface area contributed by atoms with Gasteiger partial charge in [-0.25, -0.2) is 13.8 Å². The summed E-state index contributed by atoms with van der Waals surface area (Å²) in [5.41, 5.74) is 1.43. The Morgan fingerprint density at radius 3 is 2.52 bits per heavy atom. The van der Waals surface area contributed by atoms with Crippen LogP contribution in [0.5, 0.6) is 0 Å². The molecule has 0 fully saturated rings. The summed E-state index contributed by atoms with van der Waals surface area (Å²) in [6, 6.07) is 11.9. The highest BCUT2D eigenvalue weighted by Gasteiger charge is 2.16. The van der Waals surface area contributed by atoms with Crippen LogP contribution in [0.4, 0.5) is 13.9 Å².